The third-order valence-corrected chi connectivity index (χ3v) is 2.85. The average Bonchev–Trinajstić information content (AvgIpc) is 2.45. The Labute approximate surface area is 121 Å². The number of carbonyl (C=O) groups excluding carboxylic acids is 1. The van der Waals surface area contributed by atoms with E-state index in [1.165, 1.54) is 0 Å². The van der Waals surface area contributed by atoms with E-state index in [1.54, 1.807) is 0 Å². The van der Waals surface area contributed by atoms with Crippen molar-refractivity contribution >= 4 is 5.91 Å². The first-order chi connectivity index (χ1) is 10.1. The lowest BCUT2D eigenvalue weighted by atomic mass is 10.2. The average molecular weight is 291 g/mol. The minimum Gasteiger partial charge on any atom is -0.492 e. The number of aryl methyl sites for hydroxylation is 1. The summed E-state index contributed by atoms with van der Waals surface area (Å²) in [7, 11) is 0. The fraction of sp³-hybridized carbons (Fsp3) is 0.188. The van der Waals surface area contributed by atoms with Gasteiger partial charge in [-0.25, -0.2) is 8.78 Å². The Kier molecular flexibility index (Phi) is 4.87. The first-order valence-electron chi connectivity index (χ1n) is 6.49. The number of rotatable bonds is 5. The quantitative estimate of drug-likeness (QED) is 0.860. The van der Waals surface area contributed by atoms with Crippen molar-refractivity contribution in [2.75, 3.05) is 13.2 Å². The highest BCUT2D eigenvalue weighted by Crippen LogP contribution is 2.11. The van der Waals surface area contributed by atoms with Crippen LogP contribution >= 0.6 is 0 Å². The Morgan fingerprint density at radius 3 is 2.52 bits per heavy atom. The molecule has 0 aliphatic carbocycles. The molecular weight excluding hydrogens is 276 g/mol. The molecule has 0 aliphatic heterocycles. The van der Waals surface area contributed by atoms with E-state index in [9.17, 15) is 13.6 Å². The van der Waals surface area contributed by atoms with Crippen LogP contribution in [0.4, 0.5) is 8.78 Å². The van der Waals surface area contributed by atoms with Gasteiger partial charge in [-0.15, -0.1) is 0 Å². The van der Waals surface area contributed by atoms with Crippen molar-refractivity contribution in [3.8, 4) is 5.75 Å². The van der Waals surface area contributed by atoms with Crippen molar-refractivity contribution < 1.29 is 18.3 Å². The second kappa shape index (κ2) is 6.83. The van der Waals surface area contributed by atoms with Gasteiger partial charge in [-0.3, -0.25) is 4.79 Å². The lowest BCUT2D eigenvalue weighted by Gasteiger charge is -2.08. The Morgan fingerprint density at radius 2 is 1.86 bits per heavy atom. The molecule has 2 aromatic carbocycles. The number of amides is 1. The Hall–Kier alpha value is -2.43. The van der Waals surface area contributed by atoms with Gasteiger partial charge in [-0.1, -0.05) is 17.7 Å². The van der Waals surface area contributed by atoms with E-state index in [0.29, 0.717) is 11.8 Å². The summed E-state index contributed by atoms with van der Waals surface area (Å²) in [4.78, 5) is 11.7. The van der Waals surface area contributed by atoms with Gasteiger partial charge in [-0.05, 0) is 31.2 Å². The molecule has 0 atom stereocenters. The fourth-order valence-corrected chi connectivity index (χ4v) is 1.74. The number of carbonyl (C=O) groups is 1. The second-order valence-corrected chi connectivity index (χ2v) is 4.54. The smallest absolute Gasteiger partial charge is 0.254 e. The van der Waals surface area contributed by atoms with Crippen molar-refractivity contribution in [2.24, 2.45) is 0 Å². The molecule has 0 fully saturated rings. The molecule has 0 bridgehead atoms. The molecule has 1 N–H and O–H groups in total. The molecule has 0 saturated carbocycles. The maximum Gasteiger partial charge on any atom is 0.254 e. The normalized spacial score (nSPS) is 10.2. The third-order valence-electron chi connectivity index (χ3n) is 2.85. The largest absolute Gasteiger partial charge is 0.492 e. The molecule has 110 valence electrons. The Balaban J connectivity index is 1.80. The van der Waals surface area contributed by atoms with Gasteiger partial charge in [0, 0.05) is 6.07 Å². The van der Waals surface area contributed by atoms with Crippen molar-refractivity contribution in [3.05, 3.63) is 65.2 Å². The van der Waals surface area contributed by atoms with Gasteiger partial charge in [0.05, 0.1) is 12.1 Å². The molecule has 2 rings (SSSR count). The highest BCUT2D eigenvalue weighted by atomic mass is 19.1. The summed E-state index contributed by atoms with van der Waals surface area (Å²) in [5.41, 5.74) is 0.939. The maximum atomic E-state index is 13.4. The van der Waals surface area contributed by atoms with E-state index in [2.05, 4.69) is 5.32 Å². The first-order valence-corrected chi connectivity index (χ1v) is 6.49. The second-order valence-electron chi connectivity index (χ2n) is 4.54. The third kappa shape index (κ3) is 4.27. The first kappa shape index (κ1) is 15.0. The van der Waals surface area contributed by atoms with Crippen LogP contribution in [0.5, 0.6) is 5.75 Å². The molecular formula is C16H15F2NO2. The maximum absolute atomic E-state index is 13.4. The SMILES string of the molecule is Cc1ccc(OCCNC(=O)c2ccc(F)cc2F)cc1. The molecule has 0 heterocycles. The van der Waals surface area contributed by atoms with Crippen LogP contribution in [0, 0.1) is 18.6 Å². The van der Waals surface area contributed by atoms with Crippen LogP contribution in [0.25, 0.3) is 0 Å². The molecule has 0 aromatic heterocycles. The summed E-state index contributed by atoms with van der Waals surface area (Å²) >= 11 is 0. The summed E-state index contributed by atoms with van der Waals surface area (Å²) in [6.07, 6.45) is 0. The lowest BCUT2D eigenvalue weighted by Crippen LogP contribution is -2.28. The standard InChI is InChI=1S/C16H15F2NO2/c1-11-2-5-13(6-3-11)21-9-8-19-16(20)14-7-4-12(17)10-15(14)18/h2-7,10H,8-9H2,1H3,(H,19,20). The predicted octanol–water partition coefficient (Wildman–Crippen LogP) is 3.08. The molecule has 21 heavy (non-hydrogen) atoms. The van der Waals surface area contributed by atoms with E-state index in [4.69, 9.17) is 4.74 Å². The molecule has 0 radical (unpaired) electrons. The highest BCUT2D eigenvalue weighted by Gasteiger charge is 2.11. The Bertz CT molecular complexity index is 627. The molecule has 0 saturated heterocycles. The Morgan fingerprint density at radius 1 is 1.14 bits per heavy atom. The summed E-state index contributed by atoms with van der Waals surface area (Å²) in [5, 5.41) is 2.51. The molecule has 0 aliphatic rings. The predicted molar refractivity (Wildman–Crippen MR) is 75.4 cm³/mol. The molecule has 2 aromatic rings. The number of halogens is 2. The van der Waals surface area contributed by atoms with E-state index < -0.39 is 17.5 Å². The summed E-state index contributed by atoms with van der Waals surface area (Å²) in [5.74, 6) is -1.50. The zero-order valence-electron chi connectivity index (χ0n) is 11.5. The van der Waals surface area contributed by atoms with Gasteiger partial charge in [0.15, 0.2) is 0 Å². The monoisotopic (exact) mass is 291 g/mol. The molecule has 0 spiro atoms. The van der Waals surface area contributed by atoms with Gasteiger partial charge in [0.25, 0.3) is 5.91 Å². The van der Waals surface area contributed by atoms with Crippen LogP contribution in [0.15, 0.2) is 42.5 Å². The van der Waals surface area contributed by atoms with Gasteiger partial charge in [-0.2, -0.15) is 0 Å². The number of nitrogens with one attached hydrogen (secondary N) is 1. The molecule has 5 heteroatoms. The molecule has 0 unspecified atom stereocenters. The summed E-state index contributed by atoms with van der Waals surface area (Å²) in [6.45, 7) is 2.46. The minimum absolute atomic E-state index is 0.188. The minimum atomic E-state index is -0.882. The van der Waals surface area contributed by atoms with Crippen LogP contribution in [0.3, 0.4) is 0 Å². The van der Waals surface area contributed by atoms with Crippen molar-refractivity contribution in [1.29, 1.82) is 0 Å². The number of hydrogen-bond donors (Lipinski definition) is 1. The highest BCUT2D eigenvalue weighted by molar-refractivity contribution is 5.94. The molecule has 1 amide bonds. The van der Waals surface area contributed by atoms with Crippen LogP contribution in [-0.2, 0) is 0 Å². The topological polar surface area (TPSA) is 38.3 Å². The van der Waals surface area contributed by atoms with Crippen molar-refractivity contribution in [1.82, 2.24) is 5.32 Å². The van der Waals surface area contributed by atoms with E-state index in [0.717, 1.165) is 17.7 Å². The van der Waals surface area contributed by atoms with Gasteiger partial charge in [0.1, 0.15) is 24.0 Å². The fourth-order valence-electron chi connectivity index (χ4n) is 1.74. The van der Waals surface area contributed by atoms with E-state index in [-0.39, 0.29) is 18.7 Å². The van der Waals surface area contributed by atoms with Gasteiger partial charge in [0.2, 0.25) is 0 Å². The molecule has 3 nitrogen and oxygen atoms in total. The van der Waals surface area contributed by atoms with Gasteiger partial charge < -0.3 is 10.1 Å². The van der Waals surface area contributed by atoms with E-state index >= 15 is 0 Å². The zero-order chi connectivity index (χ0) is 15.2. The number of ether oxygens (including phenoxy) is 1. The zero-order valence-corrected chi connectivity index (χ0v) is 11.5. The van der Waals surface area contributed by atoms with E-state index in [1.807, 2.05) is 31.2 Å². The van der Waals surface area contributed by atoms with Crippen molar-refractivity contribution in [3.63, 3.8) is 0 Å². The van der Waals surface area contributed by atoms with Gasteiger partial charge >= 0.3 is 0 Å². The lowest BCUT2D eigenvalue weighted by molar-refractivity contribution is 0.0943. The van der Waals surface area contributed by atoms with Crippen LogP contribution in [0.2, 0.25) is 0 Å². The van der Waals surface area contributed by atoms with Crippen LogP contribution in [0.1, 0.15) is 15.9 Å². The van der Waals surface area contributed by atoms with Crippen molar-refractivity contribution in [2.45, 2.75) is 6.92 Å². The summed E-state index contributed by atoms with van der Waals surface area (Å²) in [6, 6.07) is 10.3. The number of benzene rings is 2. The van der Waals surface area contributed by atoms with Crippen LogP contribution < -0.4 is 10.1 Å². The van der Waals surface area contributed by atoms with Crippen LogP contribution in [-0.4, -0.2) is 19.1 Å². The number of hydrogen-bond acceptors (Lipinski definition) is 2. The summed E-state index contributed by atoms with van der Waals surface area (Å²) < 4.78 is 31.6.